The van der Waals surface area contributed by atoms with Crippen molar-refractivity contribution in [1.29, 1.82) is 0 Å². The lowest BCUT2D eigenvalue weighted by atomic mass is 9.85. The quantitative estimate of drug-likeness (QED) is 0.781. The number of thiocarbonyl (C=S) groups is 1. The molecular formula is C15H22N2O2S2. The van der Waals surface area contributed by atoms with Gasteiger partial charge in [-0.1, -0.05) is 49.8 Å². The van der Waals surface area contributed by atoms with Gasteiger partial charge in [0.25, 0.3) is 0 Å². The molecular weight excluding hydrogens is 304 g/mol. The third-order valence-corrected chi connectivity index (χ3v) is 6.15. The summed E-state index contributed by atoms with van der Waals surface area (Å²) in [6.07, 6.45) is 3.52. The van der Waals surface area contributed by atoms with Gasteiger partial charge in [0.1, 0.15) is 4.99 Å². The summed E-state index contributed by atoms with van der Waals surface area (Å²) in [5.74, 6) is 0.572. The molecule has 1 aliphatic carbocycles. The zero-order chi connectivity index (χ0) is 15.5. The van der Waals surface area contributed by atoms with Gasteiger partial charge in [-0.15, -0.1) is 0 Å². The van der Waals surface area contributed by atoms with Crippen LogP contribution in [0.3, 0.4) is 0 Å². The molecule has 1 aromatic rings. The Labute approximate surface area is 132 Å². The summed E-state index contributed by atoms with van der Waals surface area (Å²) in [5, 5.41) is 0. The van der Waals surface area contributed by atoms with Crippen molar-refractivity contribution < 1.29 is 8.42 Å². The summed E-state index contributed by atoms with van der Waals surface area (Å²) in [7, 11) is -3.26. The Morgan fingerprint density at radius 3 is 2.38 bits per heavy atom. The lowest BCUT2D eigenvalue weighted by molar-refractivity contribution is 0.250. The zero-order valence-corrected chi connectivity index (χ0v) is 13.9. The van der Waals surface area contributed by atoms with Crippen molar-refractivity contribution in [2.45, 2.75) is 31.9 Å². The highest BCUT2D eigenvalue weighted by Gasteiger charge is 2.27. The van der Waals surface area contributed by atoms with E-state index >= 15 is 0 Å². The van der Waals surface area contributed by atoms with Crippen molar-refractivity contribution in [2.24, 2.45) is 11.7 Å². The molecule has 0 radical (unpaired) electrons. The predicted octanol–water partition coefficient (Wildman–Crippen LogP) is 2.27. The Balaban J connectivity index is 2.05. The van der Waals surface area contributed by atoms with Gasteiger partial charge in [-0.05, 0) is 24.3 Å². The van der Waals surface area contributed by atoms with Gasteiger partial charge in [-0.2, -0.15) is 0 Å². The normalized spacial score (nSPS) is 15.9. The standard InChI is InChI=1S/C15H22N2O2S2/c1-2-17(10-12-4-3-5-12)21(18,19)11-13-6-8-14(9-7-13)15(16)20/h6-9,12H,2-5,10-11H2,1H3,(H2,16,20). The maximum absolute atomic E-state index is 12.5. The average Bonchev–Trinajstić information content (AvgIpc) is 2.37. The highest BCUT2D eigenvalue weighted by Crippen LogP contribution is 2.28. The molecule has 4 nitrogen and oxygen atoms in total. The summed E-state index contributed by atoms with van der Waals surface area (Å²) < 4.78 is 26.6. The summed E-state index contributed by atoms with van der Waals surface area (Å²) >= 11 is 4.89. The van der Waals surface area contributed by atoms with Gasteiger partial charge < -0.3 is 5.73 Å². The first-order valence-corrected chi connectivity index (χ1v) is 9.30. The van der Waals surface area contributed by atoms with Gasteiger partial charge in [-0.25, -0.2) is 12.7 Å². The first-order valence-electron chi connectivity index (χ1n) is 7.29. The highest BCUT2D eigenvalue weighted by molar-refractivity contribution is 7.88. The van der Waals surface area contributed by atoms with Crippen LogP contribution in [0.5, 0.6) is 0 Å². The van der Waals surface area contributed by atoms with Gasteiger partial charge >= 0.3 is 0 Å². The number of benzene rings is 1. The van der Waals surface area contributed by atoms with Crippen LogP contribution in [0, 0.1) is 5.92 Å². The molecule has 0 heterocycles. The molecule has 1 fully saturated rings. The van der Waals surface area contributed by atoms with Crippen molar-refractivity contribution in [3.05, 3.63) is 35.4 Å². The van der Waals surface area contributed by atoms with E-state index < -0.39 is 10.0 Å². The molecule has 21 heavy (non-hydrogen) atoms. The molecule has 0 aliphatic heterocycles. The molecule has 1 aromatic carbocycles. The molecule has 0 aromatic heterocycles. The van der Waals surface area contributed by atoms with E-state index in [4.69, 9.17) is 18.0 Å². The second-order valence-corrected chi connectivity index (χ2v) is 7.97. The number of hydrogen-bond acceptors (Lipinski definition) is 3. The molecule has 6 heteroatoms. The number of nitrogens with zero attached hydrogens (tertiary/aromatic N) is 1. The monoisotopic (exact) mass is 326 g/mol. The van der Waals surface area contributed by atoms with E-state index in [-0.39, 0.29) is 5.75 Å². The zero-order valence-electron chi connectivity index (χ0n) is 12.3. The Morgan fingerprint density at radius 2 is 1.95 bits per heavy atom. The fraction of sp³-hybridized carbons (Fsp3) is 0.533. The van der Waals surface area contributed by atoms with Gasteiger partial charge in [0.2, 0.25) is 10.0 Å². The van der Waals surface area contributed by atoms with E-state index in [0.29, 0.717) is 24.0 Å². The fourth-order valence-electron chi connectivity index (χ4n) is 2.47. The largest absolute Gasteiger partial charge is 0.389 e. The van der Waals surface area contributed by atoms with Gasteiger partial charge in [-0.3, -0.25) is 0 Å². The summed E-state index contributed by atoms with van der Waals surface area (Å²) in [5.41, 5.74) is 7.07. The van der Waals surface area contributed by atoms with E-state index in [2.05, 4.69) is 0 Å². The smallest absolute Gasteiger partial charge is 0.218 e. The average molecular weight is 326 g/mol. The van der Waals surface area contributed by atoms with Crippen LogP contribution >= 0.6 is 12.2 Å². The molecule has 2 rings (SSSR count). The minimum absolute atomic E-state index is 0.0329. The maximum atomic E-state index is 12.5. The second-order valence-electron chi connectivity index (χ2n) is 5.56. The topological polar surface area (TPSA) is 63.4 Å². The van der Waals surface area contributed by atoms with Crippen LogP contribution in [0.4, 0.5) is 0 Å². The summed E-state index contributed by atoms with van der Waals surface area (Å²) in [6, 6.07) is 7.11. The van der Waals surface area contributed by atoms with E-state index in [9.17, 15) is 8.42 Å². The van der Waals surface area contributed by atoms with Crippen LogP contribution < -0.4 is 5.73 Å². The van der Waals surface area contributed by atoms with Gasteiger partial charge in [0.15, 0.2) is 0 Å². The van der Waals surface area contributed by atoms with Crippen LogP contribution in [0.2, 0.25) is 0 Å². The molecule has 0 saturated heterocycles. The van der Waals surface area contributed by atoms with Crippen molar-refractivity contribution >= 4 is 27.2 Å². The van der Waals surface area contributed by atoms with Crippen LogP contribution in [-0.2, 0) is 15.8 Å². The third-order valence-electron chi connectivity index (χ3n) is 4.02. The predicted molar refractivity (Wildman–Crippen MR) is 89.5 cm³/mol. The molecule has 0 unspecified atom stereocenters. The first-order chi connectivity index (χ1) is 9.92. The molecule has 116 valence electrons. The molecule has 2 N–H and O–H groups in total. The van der Waals surface area contributed by atoms with E-state index in [1.165, 1.54) is 6.42 Å². The number of hydrogen-bond donors (Lipinski definition) is 1. The Hall–Kier alpha value is -0.980. The van der Waals surface area contributed by atoms with E-state index in [0.717, 1.165) is 24.0 Å². The lowest BCUT2D eigenvalue weighted by Gasteiger charge is -2.31. The Kier molecular flexibility index (Phi) is 5.35. The third kappa shape index (κ3) is 4.25. The molecule has 0 bridgehead atoms. The molecule has 1 saturated carbocycles. The lowest BCUT2D eigenvalue weighted by Crippen LogP contribution is -2.37. The van der Waals surface area contributed by atoms with Gasteiger partial charge in [0.05, 0.1) is 5.75 Å². The number of sulfonamides is 1. The molecule has 0 amide bonds. The summed E-state index contributed by atoms with van der Waals surface area (Å²) in [4.78, 5) is 0.324. The Morgan fingerprint density at radius 1 is 1.33 bits per heavy atom. The van der Waals surface area contributed by atoms with Crippen molar-refractivity contribution in [1.82, 2.24) is 4.31 Å². The maximum Gasteiger partial charge on any atom is 0.218 e. The highest BCUT2D eigenvalue weighted by atomic mass is 32.2. The SMILES string of the molecule is CCN(CC1CCC1)S(=O)(=O)Cc1ccc(C(N)=S)cc1. The van der Waals surface area contributed by atoms with Crippen LogP contribution in [0.15, 0.2) is 24.3 Å². The van der Waals surface area contributed by atoms with Gasteiger partial charge in [0, 0.05) is 18.7 Å². The molecule has 0 atom stereocenters. The number of nitrogens with two attached hydrogens (primary N) is 1. The minimum atomic E-state index is -3.26. The molecule has 0 spiro atoms. The minimum Gasteiger partial charge on any atom is -0.389 e. The van der Waals surface area contributed by atoms with Crippen LogP contribution in [0.1, 0.15) is 37.3 Å². The van der Waals surface area contributed by atoms with Crippen molar-refractivity contribution in [3.63, 3.8) is 0 Å². The van der Waals surface area contributed by atoms with E-state index in [1.807, 2.05) is 6.92 Å². The van der Waals surface area contributed by atoms with Crippen molar-refractivity contribution in [2.75, 3.05) is 13.1 Å². The van der Waals surface area contributed by atoms with E-state index in [1.54, 1.807) is 28.6 Å². The first kappa shape index (κ1) is 16.4. The fourth-order valence-corrected chi connectivity index (χ4v) is 4.23. The van der Waals surface area contributed by atoms with Crippen LogP contribution in [-0.4, -0.2) is 30.8 Å². The second kappa shape index (κ2) is 6.85. The Bertz CT molecular complexity index is 593. The molecule has 1 aliphatic rings. The summed E-state index contributed by atoms with van der Waals surface area (Å²) in [6.45, 7) is 3.08. The van der Waals surface area contributed by atoms with Crippen molar-refractivity contribution in [3.8, 4) is 0 Å². The number of rotatable bonds is 7. The van der Waals surface area contributed by atoms with Crippen LogP contribution in [0.25, 0.3) is 0 Å².